The zero-order chi connectivity index (χ0) is 16.9. The van der Waals surface area contributed by atoms with Crippen LogP contribution in [0.2, 0.25) is 0 Å². The van der Waals surface area contributed by atoms with E-state index in [4.69, 9.17) is 9.47 Å². The van der Waals surface area contributed by atoms with Crippen LogP contribution >= 0.6 is 11.8 Å². The number of aromatic nitrogens is 2. The van der Waals surface area contributed by atoms with Gasteiger partial charge in [0.05, 0.1) is 13.0 Å². The summed E-state index contributed by atoms with van der Waals surface area (Å²) in [5.41, 5.74) is 1.02. The zero-order valence-electron chi connectivity index (χ0n) is 13.8. The topological polar surface area (TPSA) is 65.4 Å². The quantitative estimate of drug-likeness (QED) is 0.638. The molecule has 24 heavy (non-hydrogen) atoms. The number of ether oxygens (including phenoxy) is 2. The van der Waals surface area contributed by atoms with Gasteiger partial charge in [0.2, 0.25) is 5.91 Å². The molecule has 3 rings (SSSR count). The summed E-state index contributed by atoms with van der Waals surface area (Å²) in [7, 11) is 3.59. The molecule has 1 aliphatic rings. The molecule has 0 bridgehead atoms. The smallest absolute Gasteiger partial charge is 0.226 e. The van der Waals surface area contributed by atoms with Crippen LogP contribution < -0.4 is 14.8 Å². The van der Waals surface area contributed by atoms with E-state index in [0.717, 1.165) is 28.0 Å². The number of carbonyl (C=O) groups excluding carboxylic acids is 1. The monoisotopic (exact) mass is 347 g/mol. The van der Waals surface area contributed by atoms with E-state index in [-0.39, 0.29) is 11.8 Å². The normalized spacial score (nSPS) is 16.2. The van der Waals surface area contributed by atoms with Gasteiger partial charge in [0.25, 0.3) is 0 Å². The number of aryl methyl sites for hydroxylation is 1. The van der Waals surface area contributed by atoms with Crippen LogP contribution in [0.25, 0.3) is 0 Å². The first-order valence-corrected chi connectivity index (χ1v) is 8.83. The molecule has 128 valence electrons. The minimum atomic E-state index is -0.164. The van der Waals surface area contributed by atoms with Crippen LogP contribution in [0.1, 0.15) is 5.56 Å². The van der Waals surface area contributed by atoms with Crippen molar-refractivity contribution in [3.8, 4) is 11.5 Å². The van der Waals surface area contributed by atoms with Gasteiger partial charge < -0.3 is 19.4 Å². The van der Waals surface area contributed by atoms with E-state index in [0.29, 0.717) is 19.6 Å². The minimum absolute atomic E-state index is 0.0314. The number of rotatable bonds is 6. The Balaban J connectivity index is 1.48. The summed E-state index contributed by atoms with van der Waals surface area (Å²) >= 11 is 1.63. The summed E-state index contributed by atoms with van der Waals surface area (Å²) in [6.07, 6.45) is 4.35. The minimum Gasteiger partial charge on any atom is -0.497 e. The third-order valence-corrected chi connectivity index (χ3v) is 5.01. The maximum atomic E-state index is 12.3. The Hall–Kier alpha value is -2.15. The third-order valence-electron chi connectivity index (χ3n) is 3.95. The first-order chi connectivity index (χ1) is 11.7. The number of thioether (sulfide) groups is 1. The van der Waals surface area contributed by atoms with E-state index in [9.17, 15) is 4.79 Å². The molecule has 2 aromatic rings. The molecular weight excluding hydrogens is 326 g/mol. The van der Waals surface area contributed by atoms with Gasteiger partial charge in [-0.15, -0.1) is 0 Å². The van der Waals surface area contributed by atoms with Gasteiger partial charge in [0, 0.05) is 31.7 Å². The average Bonchev–Trinajstić information content (AvgIpc) is 3.02. The fraction of sp³-hybridized carbons (Fsp3) is 0.412. The Bertz CT molecular complexity index is 717. The average molecular weight is 347 g/mol. The molecule has 0 radical (unpaired) electrons. The molecule has 1 atom stereocenters. The number of nitrogens with one attached hydrogen (secondary N) is 1. The molecule has 1 aromatic carbocycles. The Labute approximate surface area is 145 Å². The van der Waals surface area contributed by atoms with Gasteiger partial charge in [-0.2, -0.15) is 0 Å². The van der Waals surface area contributed by atoms with Crippen molar-refractivity contribution in [3.05, 3.63) is 36.2 Å². The number of fused-ring (bicyclic) bond motifs is 1. The highest BCUT2D eigenvalue weighted by atomic mass is 32.2. The van der Waals surface area contributed by atoms with Crippen molar-refractivity contribution < 1.29 is 14.3 Å². The lowest BCUT2D eigenvalue weighted by atomic mass is 9.96. The van der Waals surface area contributed by atoms with Crippen molar-refractivity contribution >= 4 is 17.7 Å². The van der Waals surface area contributed by atoms with Gasteiger partial charge in [0.15, 0.2) is 5.16 Å². The molecule has 0 aliphatic carbocycles. The second-order valence-corrected chi connectivity index (χ2v) is 6.71. The van der Waals surface area contributed by atoms with Gasteiger partial charge in [-0.05, 0) is 30.2 Å². The number of benzene rings is 1. The van der Waals surface area contributed by atoms with Crippen molar-refractivity contribution in [3.63, 3.8) is 0 Å². The number of hydrogen-bond acceptors (Lipinski definition) is 5. The summed E-state index contributed by atoms with van der Waals surface area (Å²) < 4.78 is 12.9. The second kappa shape index (κ2) is 7.61. The van der Waals surface area contributed by atoms with Gasteiger partial charge in [0.1, 0.15) is 18.1 Å². The van der Waals surface area contributed by atoms with Crippen molar-refractivity contribution in [1.82, 2.24) is 14.9 Å². The number of nitrogens with zero attached hydrogens (tertiary/aromatic N) is 2. The van der Waals surface area contributed by atoms with Gasteiger partial charge >= 0.3 is 0 Å². The first-order valence-electron chi connectivity index (χ1n) is 7.85. The molecule has 2 heterocycles. The molecule has 1 aromatic heterocycles. The van der Waals surface area contributed by atoms with Crippen LogP contribution in [-0.4, -0.2) is 41.5 Å². The van der Waals surface area contributed by atoms with E-state index in [1.165, 1.54) is 0 Å². The van der Waals surface area contributed by atoms with E-state index >= 15 is 0 Å². The highest BCUT2D eigenvalue weighted by Crippen LogP contribution is 2.30. The molecule has 0 saturated carbocycles. The third kappa shape index (κ3) is 3.84. The van der Waals surface area contributed by atoms with Crippen LogP contribution in [0.3, 0.4) is 0 Å². The highest BCUT2D eigenvalue weighted by Gasteiger charge is 2.26. The molecule has 1 aliphatic heterocycles. The Morgan fingerprint density at radius 2 is 2.42 bits per heavy atom. The van der Waals surface area contributed by atoms with Crippen molar-refractivity contribution in [2.45, 2.75) is 11.6 Å². The van der Waals surface area contributed by atoms with Crippen molar-refractivity contribution in [2.24, 2.45) is 13.0 Å². The largest absolute Gasteiger partial charge is 0.497 e. The summed E-state index contributed by atoms with van der Waals surface area (Å²) in [5, 5.41) is 3.94. The molecule has 0 saturated heterocycles. The first kappa shape index (κ1) is 16.7. The van der Waals surface area contributed by atoms with Crippen LogP contribution in [0, 0.1) is 5.92 Å². The van der Waals surface area contributed by atoms with Gasteiger partial charge in [-0.3, -0.25) is 4.79 Å². The Morgan fingerprint density at radius 1 is 1.54 bits per heavy atom. The SMILES string of the molecule is COc1ccc2c(c1)C[C@H](C(=O)NCCSc1nccn1C)CO2. The molecule has 1 N–H and O–H groups in total. The van der Waals surface area contributed by atoms with E-state index in [1.807, 2.05) is 36.0 Å². The molecule has 0 spiro atoms. The lowest BCUT2D eigenvalue weighted by Crippen LogP contribution is -2.38. The molecule has 0 unspecified atom stereocenters. The number of imidazole rings is 1. The summed E-state index contributed by atoms with van der Waals surface area (Å²) in [5.74, 6) is 2.27. The maximum absolute atomic E-state index is 12.3. The summed E-state index contributed by atoms with van der Waals surface area (Å²) in [6.45, 7) is 1.02. The lowest BCUT2D eigenvalue weighted by Gasteiger charge is -2.25. The summed E-state index contributed by atoms with van der Waals surface area (Å²) in [4.78, 5) is 16.6. The molecule has 0 fully saturated rings. The molecule has 6 nitrogen and oxygen atoms in total. The van der Waals surface area contributed by atoms with E-state index < -0.39 is 0 Å². The highest BCUT2D eigenvalue weighted by molar-refractivity contribution is 7.99. The Kier molecular flexibility index (Phi) is 5.30. The standard InChI is InChI=1S/C17H21N3O3S/c1-20-7-5-19-17(20)24-8-6-18-16(21)13-9-12-10-14(22-2)3-4-15(12)23-11-13/h3-5,7,10,13H,6,8-9,11H2,1-2H3,(H,18,21)/t13-/m0/s1. The van der Waals surface area contributed by atoms with Crippen LogP contribution in [0.4, 0.5) is 0 Å². The van der Waals surface area contributed by atoms with Crippen molar-refractivity contribution in [2.75, 3.05) is 26.0 Å². The molecule has 1 amide bonds. The van der Waals surface area contributed by atoms with Crippen LogP contribution in [0.5, 0.6) is 11.5 Å². The number of methoxy groups -OCH3 is 1. The predicted octanol–water partition coefficient (Wildman–Crippen LogP) is 1.89. The fourth-order valence-corrected chi connectivity index (χ4v) is 3.40. The van der Waals surface area contributed by atoms with Crippen LogP contribution in [0.15, 0.2) is 35.7 Å². The van der Waals surface area contributed by atoms with Crippen LogP contribution in [-0.2, 0) is 18.3 Å². The van der Waals surface area contributed by atoms with E-state index in [2.05, 4.69) is 10.3 Å². The maximum Gasteiger partial charge on any atom is 0.226 e. The molecule has 7 heteroatoms. The second-order valence-electron chi connectivity index (χ2n) is 5.65. The predicted molar refractivity (Wildman–Crippen MR) is 92.6 cm³/mol. The lowest BCUT2D eigenvalue weighted by molar-refractivity contribution is -0.126. The Morgan fingerprint density at radius 3 is 3.17 bits per heavy atom. The summed E-state index contributed by atoms with van der Waals surface area (Å²) in [6, 6.07) is 5.70. The van der Waals surface area contributed by atoms with E-state index in [1.54, 1.807) is 25.1 Å². The number of hydrogen-bond donors (Lipinski definition) is 1. The number of amides is 1. The number of carbonyl (C=O) groups is 1. The zero-order valence-corrected chi connectivity index (χ0v) is 14.6. The fourth-order valence-electron chi connectivity index (χ4n) is 2.62. The van der Waals surface area contributed by atoms with Crippen molar-refractivity contribution in [1.29, 1.82) is 0 Å². The van der Waals surface area contributed by atoms with Gasteiger partial charge in [-0.25, -0.2) is 4.98 Å². The van der Waals surface area contributed by atoms with Gasteiger partial charge in [-0.1, -0.05) is 11.8 Å². The molecular formula is C17H21N3O3S.